The average Bonchev–Trinajstić information content (AvgIpc) is 2.68. The molecule has 2 N–H and O–H groups in total. The van der Waals surface area contributed by atoms with Crippen LogP contribution >= 0.6 is 0 Å². The lowest BCUT2D eigenvalue weighted by Crippen LogP contribution is -2.26. The third-order valence-electron chi connectivity index (χ3n) is 2.36. The molecule has 2 aromatic rings. The fourth-order valence-electron chi connectivity index (χ4n) is 1.73. The second-order valence-electron chi connectivity index (χ2n) is 3.70. The Morgan fingerprint density at radius 2 is 1.81 bits per heavy atom. The van der Waals surface area contributed by atoms with Crippen LogP contribution < -0.4 is 10.7 Å². The third kappa shape index (κ3) is 1.73. The highest BCUT2D eigenvalue weighted by atomic mass is 15.6. The van der Waals surface area contributed by atoms with Gasteiger partial charge >= 0.3 is 0 Å². The minimum absolute atomic E-state index is 0.791. The molecular weight excluding hydrogens is 202 g/mol. The minimum Gasteiger partial charge on any atom is -0.395 e. The highest BCUT2D eigenvalue weighted by Crippen LogP contribution is 2.20. The number of nitrogen functional groups attached to an aromatic ring is 1. The van der Waals surface area contributed by atoms with Crippen molar-refractivity contribution in [2.24, 2.45) is 0 Å². The molecule has 0 amide bonds. The van der Waals surface area contributed by atoms with E-state index in [4.69, 9.17) is 5.73 Å². The van der Waals surface area contributed by atoms with Crippen molar-refractivity contribution in [1.82, 2.24) is 14.3 Å². The van der Waals surface area contributed by atoms with Crippen molar-refractivity contribution >= 4 is 11.3 Å². The fraction of sp³-hybridized carbons (Fsp3) is 0.545. The zero-order chi connectivity index (χ0) is 12.5. The van der Waals surface area contributed by atoms with Crippen LogP contribution in [0.4, 0.5) is 5.69 Å². The maximum Gasteiger partial charge on any atom is 0.178 e. The van der Waals surface area contributed by atoms with Gasteiger partial charge in [0.25, 0.3) is 0 Å². The Morgan fingerprint density at radius 3 is 2.31 bits per heavy atom. The lowest BCUT2D eigenvalue weighted by atomic mass is 10.3. The summed E-state index contributed by atoms with van der Waals surface area (Å²) in [4.78, 5) is 0. The number of hydrogen-bond donors (Lipinski definition) is 1. The van der Waals surface area contributed by atoms with Gasteiger partial charge < -0.3 is 10.7 Å². The predicted molar refractivity (Wildman–Crippen MR) is 68.5 cm³/mol. The first-order valence-electron chi connectivity index (χ1n) is 5.52. The topological polar surface area (TPSA) is 51.5 Å². The van der Waals surface area contributed by atoms with Crippen LogP contribution in [-0.2, 0) is 0 Å². The molecule has 0 saturated heterocycles. The van der Waals surface area contributed by atoms with E-state index in [-0.39, 0.29) is 0 Å². The first kappa shape index (κ1) is 12.4. The molecule has 90 valence electrons. The average molecular weight is 223 g/mol. The summed E-state index contributed by atoms with van der Waals surface area (Å²) in [6, 6.07) is 0. The first-order chi connectivity index (χ1) is 7.52. The molecule has 0 aliphatic carbocycles. The zero-order valence-corrected chi connectivity index (χ0v) is 10.9. The Bertz CT molecular complexity index is 478. The second-order valence-corrected chi connectivity index (χ2v) is 3.70. The van der Waals surface area contributed by atoms with Crippen LogP contribution in [0.25, 0.3) is 5.65 Å². The quantitative estimate of drug-likeness (QED) is 0.798. The number of nitrogens with zero attached hydrogens (tertiary/aromatic N) is 4. The number of aromatic nitrogens is 3. The molecule has 0 aliphatic rings. The van der Waals surface area contributed by atoms with Gasteiger partial charge in [-0.1, -0.05) is 13.8 Å². The molecular formula is C11H21N5. The normalized spacial score (nSPS) is 10.1. The van der Waals surface area contributed by atoms with Gasteiger partial charge in [-0.2, -0.15) is 5.10 Å². The predicted octanol–water partition coefficient (Wildman–Crippen LogP) is 1.56. The molecule has 0 atom stereocenters. The Hall–Kier alpha value is -1.65. The number of aryl methyl sites for hydroxylation is 2. The van der Waals surface area contributed by atoms with E-state index in [0.717, 1.165) is 22.7 Å². The molecule has 0 radical (unpaired) electrons. The van der Waals surface area contributed by atoms with Crippen LogP contribution in [0.15, 0.2) is 6.20 Å². The van der Waals surface area contributed by atoms with Gasteiger partial charge in [0.15, 0.2) is 5.65 Å². The van der Waals surface area contributed by atoms with Crippen LogP contribution in [0.5, 0.6) is 0 Å². The summed E-state index contributed by atoms with van der Waals surface area (Å²) >= 11 is 0. The summed E-state index contributed by atoms with van der Waals surface area (Å²) < 4.78 is 3.81. The summed E-state index contributed by atoms with van der Waals surface area (Å²) in [5.41, 5.74) is 8.77. The summed E-state index contributed by atoms with van der Waals surface area (Å²) in [5, 5.41) is 6.34. The first-order valence-corrected chi connectivity index (χ1v) is 5.52. The molecule has 0 bridgehead atoms. The second kappa shape index (κ2) is 4.47. The van der Waals surface area contributed by atoms with Gasteiger partial charge in [0.05, 0.1) is 5.69 Å². The van der Waals surface area contributed by atoms with Crippen LogP contribution in [0.3, 0.4) is 0 Å². The van der Waals surface area contributed by atoms with Crippen LogP contribution in [-0.4, -0.2) is 28.4 Å². The van der Waals surface area contributed by atoms with Crippen LogP contribution in [0, 0.1) is 13.8 Å². The highest BCUT2D eigenvalue weighted by molar-refractivity contribution is 5.70. The molecule has 0 fully saturated rings. The van der Waals surface area contributed by atoms with Crippen molar-refractivity contribution in [3.63, 3.8) is 0 Å². The number of nitrogens with two attached hydrogens (primary N) is 1. The lowest BCUT2D eigenvalue weighted by Gasteiger charge is -2.15. The van der Waals surface area contributed by atoms with E-state index in [1.807, 2.05) is 62.2 Å². The SMILES string of the molecule is CC.Cc1cn2nc(C)n(N(C)C)c2c1N. The van der Waals surface area contributed by atoms with E-state index in [9.17, 15) is 0 Å². The molecule has 5 nitrogen and oxygen atoms in total. The molecule has 16 heavy (non-hydrogen) atoms. The number of hydrogen-bond acceptors (Lipinski definition) is 3. The largest absolute Gasteiger partial charge is 0.395 e. The van der Waals surface area contributed by atoms with Gasteiger partial charge in [0.1, 0.15) is 5.82 Å². The van der Waals surface area contributed by atoms with Crippen molar-refractivity contribution in [3.05, 3.63) is 17.6 Å². The molecule has 0 spiro atoms. The molecule has 2 heterocycles. The van der Waals surface area contributed by atoms with Crippen molar-refractivity contribution in [3.8, 4) is 0 Å². The van der Waals surface area contributed by atoms with Crippen molar-refractivity contribution in [2.75, 3.05) is 24.8 Å². The van der Waals surface area contributed by atoms with Crippen molar-refractivity contribution in [1.29, 1.82) is 0 Å². The standard InChI is InChI=1S/C9H15N5.C2H6/c1-6-5-13-9(8(6)10)14(12(3)4)7(2)11-13;1-2/h5H,10H2,1-4H3;1-2H3. The fourth-order valence-corrected chi connectivity index (χ4v) is 1.73. The van der Waals surface area contributed by atoms with E-state index in [2.05, 4.69) is 5.10 Å². The molecule has 0 saturated carbocycles. The smallest absolute Gasteiger partial charge is 0.178 e. The molecule has 0 aliphatic heterocycles. The van der Waals surface area contributed by atoms with E-state index < -0.39 is 0 Å². The Morgan fingerprint density at radius 1 is 1.25 bits per heavy atom. The molecule has 0 aromatic carbocycles. The lowest BCUT2D eigenvalue weighted by molar-refractivity contribution is 0.725. The summed E-state index contributed by atoms with van der Waals surface area (Å²) in [5.74, 6) is 0.928. The maximum atomic E-state index is 5.98. The Balaban J connectivity index is 0.000000606. The van der Waals surface area contributed by atoms with Gasteiger partial charge in [-0.15, -0.1) is 0 Å². The Labute approximate surface area is 96.4 Å². The van der Waals surface area contributed by atoms with E-state index in [1.54, 1.807) is 0 Å². The van der Waals surface area contributed by atoms with Gasteiger partial charge in [-0.3, -0.25) is 0 Å². The van der Waals surface area contributed by atoms with Gasteiger partial charge in [-0.05, 0) is 19.4 Å². The van der Waals surface area contributed by atoms with E-state index in [0.29, 0.717) is 0 Å². The maximum absolute atomic E-state index is 5.98. The van der Waals surface area contributed by atoms with Crippen LogP contribution in [0.1, 0.15) is 25.2 Å². The number of fused-ring (bicyclic) bond motifs is 1. The zero-order valence-electron chi connectivity index (χ0n) is 10.9. The van der Waals surface area contributed by atoms with Crippen LogP contribution in [0.2, 0.25) is 0 Å². The Kier molecular flexibility index (Phi) is 3.47. The van der Waals surface area contributed by atoms with Crippen molar-refractivity contribution < 1.29 is 0 Å². The van der Waals surface area contributed by atoms with Crippen molar-refractivity contribution in [2.45, 2.75) is 27.7 Å². The molecule has 5 heteroatoms. The van der Waals surface area contributed by atoms with Gasteiger partial charge in [0.2, 0.25) is 0 Å². The minimum atomic E-state index is 0.791. The monoisotopic (exact) mass is 223 g/mol. The third-order valence-corrected chi connectivity index (χ3v) is 2.36. The van der Waals surface area contributed by atoms with E-state index >= 15 is 0 Å². The van der Waals surface area contributed by atoms with Gasteiger partial charge in [0, 0.05) is 20.3 Å². The van der Waals surface area contributed by atoms with Gasteiger partial charge in [-0.25, -0.2) is 9.19 Å². The molecule has 2 rings (SSSR count). The summed E-state index contributed by atoms with van der Waals surface area (Å²) in [6.45, 7) is 7.95. The summed E-state index contributed by atoms with van der Waals surface area (Å²) in [6.07, 6.45) is 1.94. The summed E-state index contributed by atoms with van der Waals surface area (Å²) in [7, 11) is 3.94. The molecule has 0 unspecified atom stereocenters. The number of rotatable bonds is 1. The van der Waals surface area contributed by atoms with E-state index in [1.165, 1.54) is 0 Å². The highest BCUT2D eigenvalue weighted by Gasteiger charge is 2.14. The molecule has 2 aromatic heterocycles. The number of anilines is 1.